The Morgan fingerprint density at radius 1 is 1.12 bits per heavy atom. The highest BCUT2D eigenvalue weighted by atomic mass is 79.9. The second-order valence-corrected chi connectivity index (χ2v) is 6.38. The molecule has 0 fully saturated rings. The van der Waals surface area contributed by atoms with Crippen molar-refractivity contribution in [3.8, 4) is 0 Å². The Kier molecular flexibility index (Phi) is 4.84. The Balaban J connectivity index is 1.96. The van der Waals surface area contributed by atoms with Gasteiger partial charge in [0, 0.05) is 22.4 Å². The molecule has 1 amide bonds. The smallest absolute Gasteiger partial charge is 0.270 e. The van der Waals surface area contributed by atoms with E-state index < -0.39 is 17.2 Å². The summed E-state index contributed by atoms with van der Waals surface area (Å²) in [6.07, 6.45) is 2.96. The van der Waals surface area contributed by atoms with Crippen molar-refractivity contribution in [2.45, 2.75) is 0 Å². The summed E-state index contributed by atoms with van der Waals surface area (Å²) in [6.45, 7) is 0. The lowest BCUT2D eigenvalue weighted by atomic mass is 10.2. The number of nitrogens with zero attached hydrogens (tertiary/aromatic N) is 3. The lowest BCUT2D eigenvalue weighted by Crippen LogP contribution is -2.43. The van der Waals surface area contributed by atoms with Gasteiger partial charge in [-0.15, -0.1) is 0 Å². The summed E-state index contributed by atoms with van der Waals surface area (Å²) in [6, 6.07) is 11.4. The maximum absolute atomic E-state index is 12.3. The number of para-hydroxylation sites is 1. The minimum absolute atomic E-state index is 0.208. The van der Waals surface area contributed by atoms with Gasteiger partial charge in [-0.1, -0.05) is 22.0 Å². The Bertz CT molecular complexity index is 915. The predicted molar refractivity (Wildman–Crippen MR) is 92.5 cm³/mol. The summed E-state index contributed by atoms with van der Waals surface area (Å²) < 4.78 is 24.8. The first kappa shape index (κ1) is 16.5. The normalized spacial score (nSPS) is 11.9. The van der Waals surface area contributed by atoms with Crippen LogP contribution >= 0.6 is 15.9 Å². The molecule has 0 saturated carbocycles. The fourth-order valence-corrected chi connectivity index (χ4v) is 2.81. The van der Waals surface area contributed by atoms with E-state index in [-0.39, 0.29) is 5.69 Å². The molecular weight excluding hydrogens is 396 g/mol. The number of amides is 1. The van der Waals surface area contributed by atoms with Crippen LogP contribution in [0.4, 0.5) is 5.69 Å². The van der Waals surface area contributed by atoms with Crippen molar-refractivity contribution in [2.24, 2.45) is 0 Å². The van der Waals surface area contributed by atoms with Crippen molar-refractivity contribution in [3.05, 3.63) is 64.9 Å². The zero-order valence-corrected chi connectivity index (χ0v) is 14.5. The lowest BCUT2D eigenvalue weighted by molar-refractivity contribution is 0.0955. The largest absolute Gasteiger partial charge is 0.754 e. The number of hydrogen-bond acceptors (Lipinski definition) is 5. The molecule has 1 N–H and O–H groups in total. The molecule has 0 spiro atoms. The van der Waals surface area contributed by atoms with E-state index >= 15 is 0 Å². The van der Waals surface area contributed by atoms with Crippen LogP contribution in [0.2, 0.25) is 0 Å². The van der Waals surface area contributed by atoms with E-state index in [2.05, 4.69) is 31.3 Å². The van der Waals surface area contributed by atoms with Gasteiger partial charge in [0.15, 0.2) is 0 Å². The van der Waals surface area contributed by atoms with Crippen LogP contribution in [0.1, 0.15) is 10.4 Å². The minimum atomic E-state index is -2.73. The summed E-state index contributed by atoms with van der Waals surface area (Å²) in [5, 5.41) is 0. The van der Waals surface area contributed by atoms with Crippen LogP contribution in [0, 0.1) is 0 Å². The van der Waals surface area contributed by atoms with Crippen molar-refractivity contribution in [1.29, 1.82) is 0 Å². The van der Waals surface area contributed by atoms with E-state index in [0.29, 0.717) is 16.6 Å². The minimum Gasteiger partial charge on any atom is -0.754 e. The molecule has 0 saturated heterocycles. The van der Waals surface area contributed by atoms with Crippen molar-refractivity contribution >= 4 is 49.8 Å². The van der Waals surface area contributed by atoms with Crippen molar-refractivity contribution in [2.75, 3.05) is 4.41 Å². The number of hydrazine groups is 1. The van der Waals surface area contributed by atoms with Crippen LogP contribution < -0.4 is 9.84 Å². The van der Waals surface area contributed by atoms with Crippen LogP contribution in [0.5, 0.6) is 0 Å². The first-order chi connectivity index (χ1) is 11.6. The third-order valence-corrected chi connectivity index (χ3v) is 4.27. The first-order valence-electron chi connectivity index (χ1n) is 6.72. The van der Waals surface area contributed by atoms with Gasteiger partial charge in [0.2, 0.25) is 0 Å². The number of rotatable bonds is 4. The number of carbonyl (C=O) groups excluding carboxylic acids is 1. The highest BCUT2D eigenvalue weighted by Gasteiger charge is 2.16. The molecule has 9 heteroatoms. The van der Waals surface area contributed by atoms with Gasteiger partial charge in [-0.3, -0.25) is 24.4 Å². The molecule has 0 aliphatic carbocycles. The first-order valence-corrected chi connectivity index (χ1v) is 8.54. The highest BCUT2D eigenvalue weighted by Crippen LogP contribution is 2.23. The van der Waals surface area contributed by atoms with Crippen LogP contribution in [-0.2, 0) is 11.3 Å². The summed E-state index contributed by atoms with van der Waals surface area (Å²) in [4.78, 5) is 20.6. The molecule has 0 bridgehead atoms. The summed E-state index contributed by atoms with van der Waals surface area (Å²) in [5.74, 6) is -0.562. The van der Waals surface area contributed by atoms with Crippen LogP contribution in [0.25, 0.3) is 11.0 Å². The molecule has 7 nitrogen and oxygen atoms in total. The standard InChI is InChI=1S/C15H11BrN4O3S/c16-11-6-4-10(5-7-11)15(21)19-20(24(22)23)13-3-1-2-12-14(13)18-9-8-17-12/h1-9H,(H,19,21)(H,22,23)/p-1. The number of halogens is 1. The zero-order chi connectivity index (χ0) is 17.1. The topological polar surface area (TPSA) is 98.2 Å². The van der Waals surface area contributed by atoms with E-state index in [1.165, 1.54) is 18.5 Å². The number of anilines is 1. The number of nitrogens with one attached hydrogen (secondary N) is 1. The van der Waals surface area contributed by atoms with Gasteiger partial charge in [0.25, 0.3) is 5.91 Å². The average molecular weight is 406 g/mol. The molecular formula is C15H10BrN4O3S-. The monoisotopic (exact) mass is 405 g/mol. The average Bonchev–Trinajstić information content (AvgIpc) is 2.59. The summed E-state index contributed by atoms with van der Waals surface area (Å²) in [5.41, 5.74) is 3.76. The Morgan fingerprint density at radius 2 is 1.83 bits per heavy atom. The molecule has 0 aliphatic rings. The number of carbonyl (C=O) groups is 1. The zero-order valence-electron chi connectivity index (χ0n) is 12.0. The predicted octanol–water partition coefficient (Wildman–Crippen LogP) is 2.34. The van der Waals surface area contributed by atoms with Crippen molar-refractivity contribution in [3.63, 3.8) is 0 Å². The molecule has 1 atom stereocenters. The van der Waals surface area contributed by atoms with Gasteiger partial charge in [-0.2, -0.15) is 0 Å². The van der Waals surface area contributed by atoms with E-state index in [0.717, 1.165) is 8.89 Å². The number of fused-ring (bicyclic) bond motifs is 1. The fourth-order valence-electron chi connectivity index (χ4n) is 2.08. The van der Waals surface area contributed by atoms with E-state index in [9.17, 15) is 13.6 Å². The molecule has 1 aromatic heterocycles. The van der Waals surface area contributed by atoms with Crippen LogP contribution in [-0.4, -0.2) is 24.6 Å². The van der Waals surface area contributed by atoms with Crippen molar-refractivity contribution in [1.82, 2.24) is 15.4 Å². The highest BCUT2D eigenvalue weighted by molar-refractivity contribution is 9.10. The van der Waals surface area contributed by atoms with E-state index in [1.807, 2.05) is 0 Å². The molecule has 1 unspecified atom stereocenters. The maximum Gasteiger partial charge on any atom is 0.270 e. The van der Waals surface area contributed by atoms with Gasteiger partial charge in [0.05, 0.1) is 22.5 Å². The van der Waals surface area contributed by atoms with Gasteiger partial charge in [-0.25, -0.2) is 4.41 Å². The molecule has 122 valence electrons. The van der Waals surface area contributed by atoms with Gasteiger partial charge < -0.3 is 4.55 Å². The van der Waals surface area contributed by atoms with Gasteiger partial charge in [-0.05, 0) is 36.4 Å². The molecule has 3 aromatic rings. The second kappa shape index (κ2) is 7.04. The molecule has 1 heterocycles. The van der Waals surface area contributed by atoms with E-state index in [1.54, 1.807) is 36.4 Å². The second-order valence-electron chi connectivity index (χ2n) is 4.66. The van der Waals surface area contributed by atoms with Crippen LogP contribution in [0.15, 0.2) is 59.3 Å². The van der Waals surface area contributed by atoms with Crippen molar-refractivity contribution < 1.29 is 13.6 Å². The molecule has 3 rings (SSSR count). The third kappa shape index (κ3) is 3.42. The Morgan fingerprint density at radius 3 is 2.54 bits per heavy atom. The molecule has 0 radical (unpaired) electrons. The SMILES string of the molecule is O=C(NN(c1cccc2nccnc12)S(=O)[O-])c1ccc(Br)cc1. The molecule has 0 aliphatic heterocycles. The molecule has 24 heavy (non-hydrogen) atoms. The maximum atomic E-state index is 12.3. The number of hydrogen-bond donors (Lipinski definition) is 1. The fraction of sp³-hybridized carbons (Fsp3) is 0. The summed E-state index contributed by atoms with van der Waals surface area (Å²) in [7, 11) is 0. The van der Waals surface area contributed by atoms with Gasteiger partial charge in [0.1, 0.15) is 5.52 Å². The number of benzene rings is 2. The Hall–Kier alpha value is -2.36. The summed E-state index contributed by atoms with van der Waals surface area (Å²) >= 11 is 0.542. The molecule has 2 aromatic carbocycles. The lowest BCUT2D eigenvalue weighted by Gasteiger charge is -2.27. The quantitative estimate of drug-likeness (QED) is 0.530. The third-order valence-electron chi connectivity index (χ3n) is 3.15. The van der Waals surface area contributed by atoms with Gasteiger partial charge >= 0.3 is 0 Å². The van der Waals surface area contributed by atoms with E-state index in [4.69, 9.17) is 0 Å². The number of aromatic nitrogens is 2. The van der Waals surface area contributed by atoms with Crippen LogP contribution in [0.3, 0.4) is 0 Å². The Labute approximate surface area is 148 Å².